The summed E-state index contributed by atoms with van der Waals surface area (Å²) in [4.78, 5) is 8.73. The van der Waals surface area contributed by atoms with Crippen LogP contribution in [0.2, 0.25) is 10.0 Å². The highest BCUT2D eigenvalue weighted by atomic mass is 35.5. The van der Waals surface area contributed by atoms with Gasteiger partial charge in [-0.1, -0.05) is 36.2 Å². The van der Waals surface area contributed by atoms with Gasteiger partial charge in [-0.15, -0.1) is 0 Å². The maximum absolute atomic E-state index is 6.14. The quantitative estimate of drug-likeness (QED) is 0.908. The Labute approximate surface area is 116 Å². The predicted molar refractivity (Wildman–Crippen MR) is 76.0 cm³/mol. The van der Waals surface area contributed by atoms with Crippen LogP contribution in [0, 0.1) is 6.92 Å². The molecule has 0 bridgehead atoms. The van der Waals surface area contributed by atoms with E-state index in [0.717, 1.165) is 17.7 Å². The van der Waals surface area contributed by atoms with Crippen LogP contribution in [0.25, 0.3) is 11.4 Å². The smallest absolute Gasteiger partial charge is 0.164 e. The maximum Gasteiger partial charge on any atom is 0.164 e. The Kier molecular flexibility index (Phi) is 3.73. The zero-order chi connectivity index (χ0) is 13.3. The standard InChI is InChI=1S/C13H13Cl2N3/c1-3-8-7(2)17-13(18-12(8)16)11-9(14)5-4-6-10(11)15/h4-6H,3H2,1-2H3,(H2,16,17,18). The summed E-state index contributed by atoms with van der Waals surface area (Å²) in [6, 6.07) is 5.29. The van der Waals surface area contributed by atoms with Crippen molar-refractivity contribution in [1.29, 1.82) is 0 Å². The Morgan fingerprint density at radius 1 is 1.17 bits per heavy atom. The molecule has 0 amide bonds. The lowest BCUT2D eigenvalue weighted by molar-refractivity contribution is 1.01. The van der Waals surface area contributed by atoms with E-state index < -0.39 is 0 Å². The first kappa shape index (κ1) is 13.1. The van der Waals surface area contributed by atoms with E-state index in [1.807, 2.05) is 13.8 Å². The third-order valence-corrected chi connectivity index (χ3v) is 3.42. The molecule has 2 rings (SSSR count). The van der Waals surface area contributed by atoms with Crippen molar-refractivity contribution in [3.63, 3.8) is 0 Å². The highest BCUT2D eigenvalue weighted by molar-refractivity contribution is 6.38. The molecular weight excluding hydrogens is 269 g/mol. The molecule has 0 fully saturated rings. The minimum atomic E-state index is 0.470. The van der Waals surface area contributed by atoms with Crippen LogP contribution in [0.1, 0.15) is 18.2 Å². The van der Waals surface area contributed by atoms with Crippen molar-refractivity contribution in [2.75, 3.05) is 5.73 Å². The van der Waals surface area contributed by atoms with Crippen molar-refractivity contribution in [2.45, 2.75) is 20.3 Å². The van der Waals surface area contributed by atoms with Crippen molar-refractivity contribution in [3.8, 4) is 11.4 Å². The Morgan fingerprint density at radius 3 is 2.28 bits per heavy atom. The van der Waals surface area contributed by atoms with Crippen LogP contribution in [0.5, 0.6) is 0 Å². The molecule has 2 N–H and O–H groups in total. The molecule has 2 aromatic rings. The molecule has 0 saturated carbocycles. The first-order valence-corrected chi connectivity index (χ1v) is 6.37. The van der Waals surface area contributed by atoms with Crippen LogP contribution in [-0.2, 0) is 6.42 Å². The number of rotatable bonds is 2. The Morgan fingerprint density at radius 2 is 1.78 bits per heavy atom. The molecule has 3 nitrogen and oxygen atoms in total. The first-order valence-electron chi connectivity index (χ1n) is 5.62. The molecule has 1 aromatic carbocycles. The molecule has 0 aliphatic carbocycles. The van der Waals surface area contributed by atoms with E-state index in [1.165, 1.54) is 0 Å². The summed E-state index contributed by atoms with van der Waals surface area (Å²) in [5.74, 6) is 0.953. The normalized spacial score (nSPS) is 10.7. The molecule has 0 atom stereocenters. The van der Waals surface area contributed by atoms with E-state index in [1.54, 1.807) is 18.2 Å². The highest BCUT2D eigenvalue weighted by Crippen LogP contribution is 2.33. The number of hydrogen-bond acceptors (Lipinski definition) is 3. The van der Waals surface area contributed by atoms with Crippen molar-refractivity contribution in [3.05, 3.63) is 39.5 Å². The summed E-state index contributed by atoms with van der Waals surface area (Å²) in [6.07, 6.45) is 0.800. The molecule has 1 aromatic heterocycles. The summed E-state index contributed by atoms with van der Waals surface area (Å²) in [5, 5.41) is 1.04. The molecule has 0 aliphatic heterocycles. The summed E-state index contributed by atoms with van der Waals surface area (Å²) in [5.41, 5.74) is 8.37. The summed E-state index contributed by atoms with van der Waals surface area (Å²) in [7, 11) is 0. The van der Waals surface area contributed by atoms with E-state index in [0.29, 0.717) is 27.3 Å². The second kappa shape index (κ2) is 5.12. The van der Waals surface area contributed by atoms with E-state index in [9.17, 15) is 0 Å². The van der Waals surface area contributed by atoms with E-state index in [4.69, 9.17) is 28.9 Å². The Hall–Kier alpha value is -1.32. The number of aromatic nitrogens is 2. The van der Waals surface area contributed by atoms with Crippen LogP contribution >= 0.6 is 23.2 Å². The van der Waals surface area contributed by atoms with Gasteiger partial charge in [0, 0.05) is 11.3 Å². The van der Waals surface area contributed by atoms with E-state index in [2.05, 4.69) is 9.97 Å². The van der Waals surface area contributed by atoms with Crippen LogP contribution in [0.4, 0.5) is 5.82 Å². The maximum atomic E-state index is 6.14. The number of halogens is 2. The summed E-state index contributed by atoms with van der Waals surface area (Å²) < 4.78 is 0. The van der Waals surface area contributed by atoms with Gasteiger partial charge in [0.25, 0.3) is 0 Å². The minimum absolute atomic E-state index is 0.470. The van der Waals surface area contributed by atoms with Crippen molar-refractivity contribution in [2.24, 2.45) is 0 Å². The zero-order valence-corrected chi connectivity index (χ0v) is 11.7. The first-order chi connectivity index (χ1) is 8.54. The van der Waals surface area contributed by atoms with Gasteiger partial charge in [-0.2, -0.15) is 0 Å². The van der Waals surface area contributed by atoms with Gasteiger partial charge >= 0.3 is 0 Å². The molecular formula is C13H13Cl2N3. The monoisotopic (exact) mass is 281 g/mol. The highest BCUT2D eigenvalue weighted by Gasteiger charge is 2.14. The molecule has 94 valence electrons. The van der Waals surface area contributed by atoms with Crippen LogP contribution in [0.15, 0.2) is 18.2 Å². The third-order valence-electron chi connectivity index (χ3n) is 2.79. The number of nitrogen functional groups attached to an aromatic ring is 1. The molecule has 0 radical (unpaired) electrons. The summed E-state index contributed by atoms with van der Waals surface area (Å²) >= 11 is 12.3. The SMILES string of the molecule is CCc1c(C)nc(-c2c(Cl)cccc2Cl)nc1N. The fraction of sp³-hybridized carbons (Fsp3) is 0.231. The average Bonchev–Trinajstić information content (AvgIpc) is 2.28. The zero-order valence-electron chi connectivity index (χ0n) is 10.2. The number of aryl methyl sites for hydroxylation is 1. The van der Waals surface area contributed by atoms with Crippen molar-refractivity contribution >= 4 is 29.0 Å². The minimum Gasteiger partial charge on any atom is -0.383 e. The Bertz CT molecular complexity index is 554. The largest absolute Gasteiger partial charge is 0.383 e. The second-order valence-electron chi connectivity index (χ2n) is 3.95. The predicted octanol–water partition coefficient (Wildman–Crippen LogP) is 3.90. The Balaban J connectivity index is 2.66. The van der Waals surface area contributed by atoms with E-state index >= 15 is 0 Å². The lowest BCUT2D eigenvalue weighted by Crippen LogP contribution is -2.04. The fourth-order valence-electron chi connectivity index (χ4n) is 1.88. The van der Waals surface area contributed by atoms with Crippen LogP contribution in [0.3, 0.4) is 0 Å². The van der Waals surface area contributed by atoms with Gasteiger partial charge in [0.1, 0.15) is 5.82 Å². The number of nitrogens with zero attached hydrogens (tertiary/aromatic N) is 2. The van der Waals surface area contributed by atoms with Crippen molar-refractivity contribution < 1.29 is 0 Å². The van der Waals surface area contributed by atoms with Gasteiger partial charge in [-0.05, 0) is 25.5 Å². The number of hydrogen-bond donors (Lipinski definition) is 1. The molecule has 0 saturated heterocycles. The molecule has 0 aliphatic rings. The number of anilines is 1. The number of benzene rings is 1. The lowest BCUT2D eigenvalue weighted by Gasteiger charge is -2.10. The molecule has 18 heavy (non-hydrogen) atoms. The van der Waals surface area contributed by atoms with Gasteiger partial charge in [0.2, 0.25) is 0 Å². The molecule has 0 unspecified atom stereocenters. The van der Waals surface area contributed by atoms with Gasteiger partial charge in [-0.25, -0.2) is 9.97 Å². The second-order valence-corrected chi connectivity index (χ2v) is 4.76. The third kappa shape index (κ3) is 2.28. The van der Waals surface area contributed by atoms with Gasteiger partial charge < -0.3 is 5.73 Å². The van der Waals surface area contributed by atoms with Crippen LogP contribution in [-0.4, -0.2) is 9.97 Å². The topological polar surface area (TPSA) is 51.8 Å². The van der Waals surface area contributed by atoms with Crippen molar-refractivity contribution in [1.82, 2.24) is 9.97 Å². The van der Waals surface area contributed by atoms with Gasteiger partial charge in [0.05, 0.1) is 15.6 Å². The average molecular weight is 282 g/mol. The lowest BCUT2D eigenvalue weighted by atomic mass is 10.1. The van der Waals surface area contributed by atoms with Gasteiger partial charge in [-0.3, -0.25) is 0 Å². The fourth-order valence-corrected chi connectivity index (χ4v) is 2.44. The molecule has 5 heteroatoms. The van der Waals surface area contributed by atoms with Gasteiger partial charge in [0.15, 0.2) is 5.82 Å². The summed E-state index contributed by atoms with van der Waals surface area (Å²) in [6.45, 7) is 3.93. The van der Waals surface area contributed by atoms with Crippen LogP contribution < -0.4 is 5.73 Å². The molecule has 0 spiro atoms. The van der Waals surface area contributed by atoms with E-state index in [-0.39, 0.29) is 0 Å². The molecule has 1 heterocycles. The number of nitrogens with two attached hydrogens (primary N) is 1.